The molecule has 0 aromatic carbocycles. The number of nitrogens with zero attached hydrogens (tertiary/aromatic N) is 2. The summed E-state index contributed by atoms with van der Waals surface area (Å²) in [6.07, 6.45) is 9.41. The zero-order valence-corrected chi connectivity index (χ0v) is 15.5. The molecule has 1 aliphatic heterocycles. The number of amides is 2. The van der Waals surface area contributed by atoms with E-state index in [1.807, 2.05) is 0 Å². The second-order valence-electron chi connectivity index (χ2n) is 7.93. The lowest BCUT2D eigenvalue weighted by molar-refractivity contribution is -0.149. The molecule has 1 heterocycles. The molecule has 0 aromatic heterocycles. The van der Waals surface area contributed by atoms with Crippen molar-refractivity contribution in [2.24, 2.45) is 11.7 Å². The molecular weight excluding hydrogens is 316 g/mol. The van der Waals surface area contributed by atoms with Crippen LogP contribution in [0.3, 0.4) is 0 Å². The molecule has 2 rings (SSSR count). The van der Waals surface area contributed by atoms with Crippen LogP contribution in [-0.2, 0) is 9.59 Å². The van der Waals surface area contributed by atoms with Crippen LogP contribution in [0.2, 0.25) is 0 Å². The Morgan fingerprint density at radius 2 is 1.88 bits per heavy atom. The average molecular weight is 347 g/mol. The molecule has 0 unspecified atom stereocenters. The van der Waals surface area contributed by atoms with E-state index in [0.717, 1.165) is 12.8 Å². The number of primary amides is 1. The Kier molecular flexibility index (Phi) is 6.45. The van der Waals surface area contributed by atoms with Gasteiger partial charge in [-0.2, -0.15) is 5.26 Å². The molecular formula is C19H31N4O2. The van der Waals surface area contributed by atoms with Crippen molar-refractivity contribution in [1.29, 1.82) is 5.26 Å². The molecule has 25 heavy (non-hydrogen) atoms. The SMILES string of the molecule is CC(C)(C(N)=O)N(C(=O)[CH]CC1CCCCC1)C1(C#N)CCNCC1. The van der Waals surface area contributed by atoms with Gasteiger partial charge >= 0.3 is 0 Å². The van der Waals surface area contributed by atoms with Crippen LogP contribution in [0.5, 0.6) is 0 Å². The Morgan fingerprint density at radius 1 is 1.28 bits per heavy atom. The van der Waals surface area contributed by atoms with Gasteiger partial charge in [-0.25, -0.2) is 0 Å². The van der Waals surface area contributed by atoms with Gasteiger partial charge in [-0.15, -0.1) is 0 Å². The molecule has 139 valence electrons. The largest absolute Gasteiger partial charge is 0.368 e. The van der Waals surface area contributed by atoms with E-state index in [4.69, 9.17) is 5.73 Å². The van der Waals surface area contributed by atoms with E-state index in [2.05, 4.69) is 11.4 Å². The van der Waals surface area contributed by atoms with Gasteiger partial charge in [-0.3, -0.25) is 9.59 Å². The summed E-state index contributed by atoms with van der Waals surface area (Å²) < 4.78 is 0. The van der Waals surface area contributed by atoms with Crippen molar-refractivity contribution in [2.45, 2.75) is 76.3 Å². The number of hydrogen-bond donors (Lipinski definition) is 2. The van der Waals surface area contributed by atoms with Crippen LogP contribution < -0.4 is 11.1 Å². The van der Waals surface area contributed by atoms with Crippen molar-refractivity contribution >= 4 is 11.8 Å². The quantitative estimate of drug-likeness (QED) is 0.766. The van der Waals surface area contributed by atoms with Crippen LogP contribution in [0.15, 0.2) is 0 Å². The molecule has 0 bridgehead atoms. The highest BCUT2D eigenvalue weighted by atomic mass is 16.2. The van der Waals surface area contributed by atoms with E-state index in [0.29, 0.717) is 38.3 Å². The van der Waals surface area contributed by atoms with Crippen LogP contribution in [0.1, 0.15) is 65.2 Å². The van der Waals surface area contributed by atoms with Gasteiger partial charge in [0.15, 0.2) is 0 Å². The summed E-state index contributed by atoms with van der Waals surface area (Å²) in [6, 6.07) is 2.33. The molecule has 2 aliphatic rings. The van der Waals surface area contributed by atoms with E-state index in [-0.39, 0.29) is 5.91 Å². The first-order chi connectivity index (χ1) is 11.8. The van der Waals surface area contributed by atoms with Gasteiger partial charge in [-0.1, -0.05) is 32.1 Å². The Morgan fingerprint density at radius 3 is 2.40 bits per heavy atom. The van der Waals surface area contributed by atoms with Crippen molar-refractivity contribution in [3.63, 3.8) is 0 Å². The second kappa shape index (κ2) is 8.18. The predicted molar refractivity (Wildman–Crippen MR) is 96.1 cm³/mol. The van der Waals surface area contributed by atoms with Crippen LogP contribution in [0, 0.1) is 23.7 Å². The van der Waals surface area contributed by atoms with E-state index in [9.17, 15) is 14.9 Å². The molecule has 1 saturated carbocycles. The average Bonchev–Trinajstić information content (AvgIpc) is 2.61. The summed E-state index contributed by atoms with van der Waals surface area (Å²) in [5, 5.41) is 13.1. The number of rotatable bonds is 6. The molecule has 6 heteroatoms. The molecule has 3 N–H and O–H groups in total. The number of carbonyl (C=O) groups excluding carboxylic acids is 2. The molecule has 2 fully saturated rings. The third-order valence-electron chi connectivity index (χ3n) is 5.80. The van der Waals surface area contributed by atoms with Crippen molar-refractivity contribution in [1.82, 2.24) is 10.2 Å². The van der Waals surface area contributed by atoms with Gasteiger partial charge < -0.3 is 16.0 Å². The lowest BCUT2D eigenvalue weighted by Crippen LogP contribution is -2.67. The summed E-state index contributed by atoms with van der Waals surface area (Å²) in [6.45, 7) is 4.58. The topological polar surface area (TPSA) is 99.2 Å². The Hall–Kier alpha value is -1.61. The van der Waals surface area contributed by atoms with Gasteiger partial charge in [0.25, 0.3) is 0 Å². The summed E-state index contributed by atoms with van der Waals surface area (Å²) in [5.41, 5.74) is 3.41. The highest BCUT2D eigenvalue weighted by molar-refractivity contribution is 5.94. The van der Waals surface area contributed by atoms with Crippen molar-refractivity contribution in [2.75, 3.05) is 13.1 Å². The first-order valence-electron chi connectivity index (χ1n) is 9.43. The summed E-state index contributed by atoms with van der Waals surface area (Å²) >= 11 is 0. The van der Waals surface area contributed by atoms with Crippen molar-refractivity contribution in [3.05, 3.63) is 6.42 Å². The van der Waals surface area contributed by atoms with Gasteiger partial charge in [0.05, 0.1) is 12.5 Å². The number of nitrogens with two attached hydrogens (primary N) is 1. The Balaban J connectivity index is 2.20. The smallest absolute Gasteiger partial charge is 0.242 e. The minimum atomic E-state index is -1.20. The summed E-state index contributed by atoms with van der Waals surface area (Å²) in [7, 11) is 0. The molecule has 1 aliphatic carbocycles. The molecule has 2 amide bonds. The number of nitriles is 1. The van der Waals surface area contributed by atoms with E-state index in [1.54, 1.807) is 20.3 Å². The molecule has 6 nitrogen and oxygen atoms in total. The van der Waals surface area contributed by atoms with Gasteiger partial charge in [0.1, 0.15) is 11.1 Å². The van der Waals surface area contributed by atoms with E-state index >= 15 is 0 Å². The normalized spacial score (nSPS) is 21.3. The Labute approximate surface area is 151 Å². The monoisotopic (exact) mass is 347 g/mol. The van der Waals surface area contributed by atoms with Gasteiger partial charge in [0.2, 0.25) is 11.8 Å². The predicted octanol–water partition coefficient (Wildman–Crippen LogP) is 1.90. The highest BCUT2D eigenvalue weighted by Crippen LogP contribution is 2.34. The molecule has 0 spiro atoms. The fourth-order valence-electron chi connectivity index (χ4n) is 4.14. The molecule has 0 aromatic rings. The molecule has 0 atom stereocenters. The lowest BCUT2D eigenvalue weighted by Gasteiger charge is -2.48. The van der Waals surface area contributed by atoms with Crippen LogP contribution in [-0.4, -0.2) is 40.9 Å². The number of carbonyl (C=O) groups is 2. The Bertz CT molecular complexity index is 526. The lowest BCUT2D eigenvalue weighted by atomic mass is 9.82. The van der Waals surface area contributed by atoms with Gasteiger partial charge in [-0.05, 0) is 52.1 Å². The molecule has 1 saturated heterocycles. The zero-order chi connectivity index (χ0) is 18.5. The second-order valence-corrected chi connectivity index (χ2v) is 7.93. The standard InChI is InChI=1S/C19H31N4O2/c1-18(2,17(21)25)23(19(14-20)10-12-22-13-11-19)16(24)9-8-15-6-4-3-5-7-15/h9,15,22H,3-8,10-13H2,1-2H3,(H2,21,25). The minimum Gasteiger partial charge on any atom is -0.368 e. The third-order valence-corrected chi connectivity index (χ3v) is 5.80. The number of piperidine rings is 1. The van der Waals surface area contributed by atoms with E-state index in [1.165, 1.54) is 24.2 Å². The third kappa shape index (κ3) is 4.33. The number of hydrogen-bond acceptors (Lipinski definition) is 4. The first kappa shape index (κ1) is 19.7. The first-order valence-corrected chi connectivity index (χ1v) is 9.43. The maximum absolute atomic E-state index is 13.1. The van der Waals surface area contributed by atoms with Crippen molar-refractivity contribution in [3.8, 4) is 6.07 Å². The number of nitrogens with one attached hydrogen (secondary N) is 1. The maximum atomic E-state index is 13.1. The highest BCUT2D eigenvalue weighted by Gasteiger charge is 2.50. The summed E-state index contributed by atoms with van der Waals surface area (Å²) in [5.74, 6) is -0.291. The fraction of sp³-hybridized carbons (Fsp3) is 0.789. The maximum Gasteiger partial charge on any atom is 0.242 e. The van der Waals surface area contributed by atoms with Crippen LogP contribution in [0.4, 0.5) is 0 Å². The zero-order valence-electron chi connectivity index (χ0n) is 15.5. The summed E-state index contributed by atoms with van der Waals surface area (Å²) in [4.78, 5) is 26.6. The van der Waals surface area contributed by atoms with Crippen LogP contribution >= 0.6 is 0 Å². The van der Waals surface area contributed by atoms with Crippen LogP contribution in [0.25, 0.3) is 0 Å². The fourth-order valence-corrected chi connectivity index (χ4v) is 4.14. The minimum absolute atomic E-state index is 0.238. The molecule has 1 radical (unpaired) electrons. The van der Waals surface area contributed by atoms with Crippen molar-refractivity contribution < 1.29 is 9.59 Å². The van der Waals surface area contributed by atoms with E-state index < -0.39 is 17.0 Å². The van der Waals surface area contributed by atoms with Gasteiger partial charge in [0, 0.05) is 0 Å².